The third-order valence-electron chi connectivity index (χ3n) is 5.39. The molecule has 9 nitrogen and oxygen atoms in total. The second-order valence-electron chi connectivity index (χ2n) is 7.24. The molecule has 4 rings (SSSR count). The first-order valence-corrected chi connectivity index (χ1v) is 9.88. The molecule has 1 saturated heterocycles. The van der Waals surface area contributed by atoms with E-state index in [4.69, 9.17) is 4.42 Å². The normalized spacial score (nSPS) is 14.3. The number of para-hydroxylation sites is 1. The van der Waals surface area contributed by atoms with Crippen molar-refractivity contribution < 1.29 is 14.1 Å². The molecule has 0 aliphatic carbocycles. The third-order valence-corrected chi connectivity index (χ3v) is 5.39. The highest BCUT2D eigenvalue weighted by Gasteiger charge is 2.21. The number of fused-ring (bicyclic) bond motifs is 1. The lowest BCUT2D eigenvalue weighted by Crippen LogP contribution is -2.48. The van der Waals surface area contributed by atoms with Crippen LogP contribution in [-0.4, -0.2) is 46.5 Å². The summed E-state index contributed by atoms with van der Waals surface area (Å²) in [5.41, 5.74) is 1.70. The number of oxazole rings is 1. The number of piperazine rings is 1. The van der Waals surface area contributed by atoms with Gasteiger partial charge in [-0.15, -0.1) is 0 Å². The number of anilines is 1. The van der Waals surface area contributed by atoms with Crippen LogP contribution in [0.2, 0.25) is 0 Å². The van der Waals surface area contributed by atoms with Crippen LogP contribution in [-0.2, 0) is 11.3 Å². The van der Waals surface area contributed by atoms with Gasteiger partial charge in [0, 0.05) is 50.9 Å². The molecule has 1 amide bonds. The maximum atomic E-state index is 12.6. The van der Waals surface area contributed by atoms with Crippen LogP contribution >= 0.6 is 0 Å². The van der Waals surface area contributed by atoms with Gasteiger partial charge in [0.25, 0.3) is 5.69 Å². The summed E-state index contributed by atoms with van der Waals surface area (Å²) < 4.78 is 6.54. The van der Waals surface area contributed by atoms with E-state index >= 15 is 0 Å². The molecule has 2 aromatic carbocycles. The zero-order valence-corrected chi connectivity index (χ0v) is 16.4. The molecule has 9 heteroatoms. The maximum Gasteiger partial charge on any atom is 0.419 e. The lowest BCUT2D eigenvalue weighted by Gasteiger charge is -2.36. The number of carbonyl (C=O) groups excluding carboxylic acids is 1. The van der Waals surface area contributed by atoms with Crippen molar-refractivity contribution in [1.82, 2.24) is 9.47 Å². The van der Waals surface area contributed by atoms with Crippen molar-refractivity contribution in [3.63, 3.8) is 0 Å². The molecule has 0 spiro atoms. The number of nitrogens with zero attached hydrogens (tertiary/aromatic N) is 4. The summed E-state index contributed by atoms with van der Waals surface area (Å²) in [6, 6.07) is 14.2. The topological polar surface area (TPSA) is 102 Å². The number of rotatable bonds is 6. The highest BCUT2D eigenvalue weighted by Crippen LogP contribution is 2.21. The van der Waals surface area contributed by atoms with Crippen LogP contribution in [0.25, 0.3) is 11.1 Å². The number of nitro groups is 1. The summed E-state index contributed by atoms with van der Waals surface area (Å²) in [7, 11) is 0. The van der Waals surface area contributed by atoms with Crippen molar-refractivity contribution in [2.75, 3.05) is 31.1 Å². The first-order valence-electron chi connectivity index (χ1n) is 9.88. The van der Waals surface area contributed by atoms with Gasteiger partial charge in [-0.25, -0.2) is 4.79 Å². The van der Waals surface area contributed by atoms with Crippen LogP contribution in [0.1, 0.15) is 12.8 Å². The van der Waals surface area contributed by atoms with E-state index in [9.17, 15) is 19.7 Å². The van der Waals surface area contributed by atoms with Crippen LogP contribution in [0.3, 0.4) is 0 Å². The summed E-state index contributed by atoms with van der Waals surface area (Å²) in [4.78, 5) is 39.1. The molecule has 1 aliphatic rings. The molecule has 0 atom stereocenters. The van der Waals surface area contributed by atoms with Gasteiger partial charge in [0.15, 0.2) is 5.58 Å². The van der Waals surface area contributed by atoms with E-state index in [1.54, 1.807) is 0 Å². The lowest BCUT2D eigenvalue weighted by molar-refractivity contribution is -0.384. The Labute approximate surface area is 172 Å². The van der Waals surface area contributed by atoms with Crippen molar-refractivity contribution in [2.45, 2.75) is 19.4 Å². The lowest BCUT2D eigenvalue weighted by atomic mass is 10.2. The summed E-state index contributed by atoms with van der Waals surface area (Å²) in [5, 5.41) is 10.9. The Morgan fingerprint density at radius 2 is 1.80 bits per heavy atom. The molecule has 0 unspecified atom stereocenters. The molecule has 3 aromatic rings. The fourth-order valence-electron chi connectivity index (χ4n) is 3.78. The van der Waals surface area contributed by atoms with Gasteiger partial charge in [-0.2, -0.15) is 0 Å². The van der Waals surface area contributed by atoms with Gasteiger partial charge in [0.05, 0.1) is 16.5 Å². The van der Waals surface area contributed by atoms with Gasteiger partial charge in [-0.05, 0) is 24.6 Å². The molecule has 156 valence electrons. The SMILES string of the molecule is O=C(CCCn1c(=O)oc2cc([N+](=O)[O-])ccc21)N1CCN(c2ccccc2)CC1. The fraction of sp³-hybridized carbons (Fsp3) is 0.333. The molecule has 30 heavy (non-hydrogen) atoms. The van der Waals surface area contributed by atoms with Crippen LogP contribution in [0.4, 0.5) is 11.4 Å². The number of hydrogen-bond acceptors (Lipinski definition) is 6. The van der Waals surface area contributed by atoms with Crippen molar-refractivity contribution in [3.8, 4) is 0 Å². The Morgan fingerprint density at radius 1 is 1.07 bits per heavy atom. The second-order valence-corrected chi connectivity index (χ2v) is 7.24. The zero-order valence-electron chi connectivity index (χ0n) is 16.4. The van der Waals surface area contributed by atoms with Gasteiger partial charge in [-0.1, -0.05) is 18.2 Å². The summed E-state index contributed by atoms with van der Waals surface area (Å²) in [6.45, 7) is 3.25. The molecule has 0 radical (unpaired) electrons. The number of carbonyl (C=O) groups is 1. The Hall–Kier alpha value is -3.62. The summed E-state index contributed by atoms with van der Waals surface area (Å²) in [5.74, 6) is -0.506. The Bertz CT molecular complexity index is 1110. The number of hydrogen-bond donors (Lipinski definition) is 0. The van der Waals surface area contributed by atoms with Crippen LogP contribution in [0.15, 0.2) is 57.7 Å². The number of amides is 1. The number of non-ortho nitro benzene ring substituents is 1. The van der Waals surface area contributed by atoms with E-state index in [-0.39, 0.29) is 17.2 Å². The minimum atomic E-state index is -0.575. The first kappa shape index (κ1) is 19.7. The summed E-state index contributed by atoms with van der Waals surface area (Å²) in [6.07, 6.45) is 0.820. The van der Waals surface area contributed by atoms with Crippen LogP contribution in [0.5, 0.6) is 0 Å². The minimum Gasteiger partial charge on any atom is -0.407 e. The Morgan fingerprint density at radius 3 is 2.50 bits per heavy atom. The average molecular weight is 410 g/mol. The van der Waals surface area contributed by atoms with Gasteiger partial charge in [0.2, 0.25) is 5.91 Å². The van der Waals surface area contributed by atoms with Gasteiger partial charge >= 0.3 is 5.76 Å². The number of nitro benzene ring substituents is 1. The minimum absolute atomic E-state index is 0.0687. The molecular formula is C21H22N4O5. The van der Waals surface area contributed by atoms with Crippen molar-refractivity contribution in [1.29, 1.82) is 0 Å². The number of aryl methyl sites for hydroxylation is 1. The predicted molar refractivity (Wildman–Crippen MR) is 112 cm³/mol. The predicted octanol–water partition coefficient (Wildman–Crippen LogP) is 2.63. The maximum absolute atomic E-state index is 12.6. The van der Waals surface area contributed by atoms with Crippen molar-refractivity contribution in [2.24, 2.45) is 0 Å². The molecular weight excluding hydrogens is 388 g/mol. The van der Waals surface area contributed by atoms with E-state index in [0.717, 1.165) is 18.8 Å². The highest BCUT2D eigenvalue weighted by molar-refractivity contribution is 5.77. The standard InChI is InChI=1S/C21H22N4O5/c26-20(23-13-11-22(12-14-23)16-5-2-1-3-6-16)7-4-10-24-18-9-8-17(25(28)29)15-19(18)30-21(24)27/h1-3,5-6,8-9,15H,4,7,10-14H2. The van der Waals surface area contributed by atoms with Gasteiger partial charge < -0.3 is 14.2 Å². The zero-order chi connectivity index (χ0) is 21.1. The van der Waals surface area contributed by atoms with E-state index in [1.165, 1.54) is 22.8 Å². The van der Waals surface area contributed by atoms with Crippen LogP contribution < -0.4 is 10.7 Å². The molecule has 1 fully saturated rings. The molecule has 0 bridgehead atoms. The van der Waals surface area contributed by atoms with Crippen molar-refractivity contribution in [3.05, 3.63) is 69.2 Å². The molecule has 2 heterocycles. The monoisotopic (exact) mass is 410 g/mol. The van der Waals surface area contributed by atoms with Crippen molar-refractivity contribution >= 4 is 28.4 Å². The van der Waals surface area contributed by atoms with E-state index < -0.39 is 10.7 Å². The average Bonchev–Trinajstić information content (AvgIpc) is 3.08. The van der Waals surface area contributed by atoms with E-state index in [1.807, 2.05) is 23.1 Å². The smallest absolute Gasteiger partial charge is 0.407 e. The Kier molecular flexibility index (Phi) is 5.51. The fourth-order valence-corrected chi connectivity index (χ4v) is 3.78. The highest BCUT2D eigenvalue weighted by atomic mass is 16.6. The molecule has 1 aliphatic heterocycles. The largest absolute Gasteiger partial charge is 0.419 e. The number of benzene rings is 2. The quantitative estimate of drug-likeness (QED) is 0.457. The summed E-state index contributed by atoms with van der Waals surface area (Å²) >= 11 is 0. The Balaban J connectivity index is 1.31. The van der Waals surface area contributed by atoms with E-state index in [2.05, 4.69) is 17.0 Å². The third kappa shape index (κ3) is 4.05. The van der Waals surface area contributed by atoms with Gasteiger partial charge in [0.1, 0.15) is 0 Å². The number of aromatic nitrogens is 1. The molecule has 0 N–H and O–H groups in total. The van der Waals surface area contributed by atoms with E-state index in [0.29, 0.717) is 38.0 Å². The first-order chi connectivity index (χ1) is 14.5. The molecule has 1 aromatic heterocycles. The molecule has 0 saturated carbocycles. The van der Waals surface area contributed by atoms with Crippen LogP contribution in [0, 0.1) is 10.1 Å². The second kappa shape index (κ2) is 8.40. The van der Waals surface area contributed by atoms with Gasteiger partial charge in [-0.3, -0.25) is 19.5 Å².